The fourth-order valence-corrected chi connectivity index (χ4v) is 2.68. The topological polar surface area (TPSA) is 9.23 Å². The molecule has 0 heterocycles. The van der Waals surface area contributed by atoms with Gasteiger partial charge in [0, 0.05) is 22.9 Å². The zero-order valence-corrected chi connectivity index (χ0v) is 11.1. The SMILES string of the molecule is COc1ccc(CSC(C)CCCl)c(F)c1. The molecule has 0 bridgehead atoms. The molecule has 1 nitrogen and oxygen atoms in total. The second-order valence-electron chi connectivity index (χ2n) is 3.56. The molecule has 0 aromatic heterocycles. The molecule has 0 spiro atoms. The van der Waals surface area contributed by atoms with Gasteiger partial charge in [-0.3, -0.25) is 0 Å². The number of alkyl halides is 1. The molecule has 4 heteroatoms. The summed E-state index contributed by atoms with van der Waals surface area (Å²) >= 11 is 7.36. The van der Waals surface area contributed by atoms with E-state index >= 15 is 0 Å². The van der Waals surface area contributed by atoms with Gasteiger partial charge in [0.25, 0.3) is 0 Å². The van der Waals surface area contributed by atoms with Crippen molar-refractivity contribution in [3.8, 4) is 5.75 Å². The molecule has 1 atom stereocenters. The molecule has 1 unspecified atom stereocenters. The van der Waals surface area contributed by atoms with Gasteiger partial charge < -0.3 is 4.74 Å². The minimum absolute atomic E-state index is 0.204. The van der Waals surface area contributed by atoms with Gasteiger partial charge in [0.15, 0.2) is 0 Å². The molecule has 0 aliphatic rings. The van der Waals surface area contributed by atoms with Crippen molar-refractivity contribution in [3.05, 3.63) is 29.6 Å². The van der Waals surface area contributed by atoms with Gasteiger partial charge in [-0.15, -0.1) is 11.6 Å². The van der Waals surface area contributed by atoms with E-state index in [9.17, 15) is 4.39 Å². The highest BCUT2D eigenvalue weighted by molar-refractivity contribution is 7.99. The van der Waals surface area contributed by atoms with Crippen LogP contribution in [0.25, 0.3) is 0 Å². The van der Waals surface area contributed by atoms with Crippen LogP contribution in [0.2, 0.25) is 0 Å². The Bertz CT molecular complexity index is 333. The van der Waals surface area contributed by atoms with Crippen molar-refractivity contribution in [3.63, 3.8) is 0 Å². The monoisotopic (exact) mass is 262 g/mol. The summed E-state index contributed by atoms with van der Waals surface area (Å²) in [5, 5.41) is 0.457. The average Bonchev–Trinajstić information content (AvgIpc) is 2.27. The largest absolute Gasteiger partial charge is 0.497 e. The van der Waals surface area contributed by atoms with E-state index in [1.54, 1.807) is 23.9 Å². The maximum Gasteiger partial charge on any atom is 0.130 e. The number of methoxy groups -OCH3 is 1. The highest BCUT2D eigenvalue weighted by Gasteiger charge is 2.07. The van der Waals surface area contributed by atoms with Crippen LogP contribution in [0.3, 0.4) is 0 Å². The number of hydrogen-bond acceptors (Lipinski definition) is 2. The molecule has 0 amide bonds. The van der Waals surface area contributed by atoms with Gasteiger partial charge in [-0.05, 0) is 18.1 Å². The van der Waals surface area contributed by atoms with Crippen molar-refractivity contribution in [1.29, 1.82) is 0 Å². The summed E-state index contributed by atoms with van der Waals surface area (Å²) in [4.78, 5) is 0. The zero-order valence-electron chi connectivity index (χ0n) is 9.50. The second kappa shape index (κ2) is 7.02. The van der Waals surface area contributed by atoms with Crippen LogP contribution in [-0.4, -0.2) is 18.2 Å². The minimum atomic E-state index is -0.204. The third-order valence-corrected chi connectivity index (χ3v) is 3.80. The van der Waals surface area contributed by atoms with Crippen molar-refractivity contribution in [2.75, 3.05) is 13.0 Å². The molecule has 90 valence electrons. The Morgan fingerprint density at radius 3 is 2.81 bits per heavy atom. The van der Waals surface area contributed by atoms with Gasteiger partial charge in [-0.2, -0.15) is 11.8 Å². The molecule has 0 aliphatic heterocycles. The Balaban J connectivity index is 2.54. The lowest BCUT2D eigenvalue weighted by Gasteiger charge is -2.10. The number of benzene rings is 1. The number of halogens is 2. The van der Waals surface area contributed by atoms with E-state index in [0.717, 1.165) is 6.42 Å². The van der Waals surface area contributed by atoms with Gasteiger partial charge in [-0.25, -0.2) is 4.39 Å². The standard InChI is InChI=1S/C12H16ClFOS/c1-9(5-6-13)16-8-10-3-4-11(15-2)7-12(10)14/h3-4,7,9H,5-6,8H2,1-2H3. The Hall–Kier alpha value is -0.410. The lowest BCUT2D eigenvalue weighted by molar-refractivity contribution is 0.411. The summed E-state index contributed by atoms with van der Waals surface area (Å²) < 4.78 is 18.5. The normalized spacial score (nSPS) is 12.5. The van der Waals surface area contributed by atoms with Crippen molar-refractivity contribution in [2.24, 2.45) is 0 Å². The second-order valence-corrected chi connectivity index (χ2v) is 5.36. The first-order valence-corrected chi connectivity index (χ1v) is 6.75. The quantitative estimate of drug-likeness (QED) is 0.715. The van der Waals surface area contributed by atoms with Crippen LogP contribution in [0.1, 0.15) is 18.9 Å². The van der Waals surface area contributed by atoms with Gasteiger partial charge in [-0.1, -0.05) is 13.0 Å². The van der Waals surface area contributed by atoms with Crippen LogP contribution < -0.4 is 4.74 Å². The van der Waals surface area contributed by atoms with Gasteiger partial charge in [0.1, 0.15) is 11.6 Å². The first kappa shape index (κ1) is 13.7. The highest BCUT2D eigenvalue weighted by Crippen LogP contribution is 2.24. The van der Waals surface area contributed by atoms with Crippen molar-refractivity contribution in [1.82, 2.24) is 0 Å². The van der Waals surface area contributed by atoms with Crippen LogP contribution in [0.4, 0.5) is 4.39 Å². The fourth-order valence-electron chi connectivity index (χ4n) is 1.24. The molecule has 0 radical (unpaired) electrons. The number of hydrogen-bond donors (Lipinski definition) is 0. The molecular weight excluding hydrogens is 247 g/mol. The Labute approximate surface area is 105 Å². The van der Waals surface area contributed by atoms with Crippen LogP contribution in [0.5, 0.6) is 5.75 Å². The third-order valence-electron chi connectivity index (χ3n) is 2.30. The molecule has 0 N–H and O–H groups in total. The van der Waals surface area contributed by atoms with Crippen molar-refractivity contribution in [2.45, 2.75) is 24.3 Å². The summed E-state index contributed by atoms with van der Waals surface area (Å²) in [6, 6.07) is 4.97. The maximum absolute atomic E-state index is 13.6. The zero-order chi connectivity index (χ0) is 12.0. The molecule has 0 aliphatic carbocycles. The molecule has 0 saturated heterocycles. The van der Waals surface area contributed by atoms with Gasteiger partial charge in [0.2, 0.25) is 0 Å². The molecule has 1 rings (SSSR count). The molecule has 16 heavy (non-hydrogen) atoms. The molecule has 0 fully saturated rings. The van der Waals surface area contributed by atoms with Gasteiger partial charge in [0.05, 0.1) is 7.11 Å². The van der Waals surface area contributed by atoms with E-state index < -0.39 is 0 Å². The smallest absolute Gasteiger partial charge is 0.130 e. The fraction of sp³-hybridized carbons (Fsp3) is 0.500. The first-order valence-electron chi connectivity index (χ1n) is 5.17. The molecule has 1 aromatic rings. The maximum atomic E-state index is 13.6. The van der Waals surface area contributed by atoms with Crippen LogP contribution >= 0.6 is 23.4 Å². The van der Waals surface area contributed by atoms with E-state index in [0.29, 0.717) is 28.2 Å². The number of rotatable bonds is 6. The van der Waals surface area contributed by atoms with E-state index in [4.69, 9.17) is 16.3 Å². The summed E-state index contributed by atoms with van der Waals surface area (Å²) in [5.41, 5.74) is 0.715. The minimum Gasteiger partial charge on any atom is -0.497 e. The van der Waals surface area contributed by atoms with Crippen LogP contribution in [0.15, 0.2) is 18.2 Å². The van der Waals surface area contributed by atoms with E-state index in [2.05, 4.69) is 6.92 Å². The van der Waals surface area contributed by atoms with Crippen LogP contribution in [-0.2, 0) is 5.75 Å². The number of thioether (sulfide) groups is 1. The average molecular weight is 263 g/mol. The summed E-state index contributed by atoms with van der Waals surface area (Å²) in [6.45, 7) is 2.11. The Morgan fingerprint density at radius 1 is 1.50 bits per heavy atom. The highest BCUT2D eigenvalue weighted by atomic mass is 35.5. The predicted molar refractivity (Wildman–Crippen MR) is 69.0 cm³/mol. The molecular formula is C12H16ClFOS. The molecule has 1 aromatic carbocycles. The Kier molecular flexibility index (Phi) is 5.99. The number of ether oxygens (including phenoxy) is 1. The summed E-state index contributed by atoms with van der Waals surface area (Å²) in [7, 11) is 1.53. The van der Waals surface area contributed by atoms with Crippen LogP contribution in [0, 0.1) is 5.82 Å². The summed E-state index contributed by atoms with van der Waals surface area (Å²) in [5.74, 6) is 1.68. The predicted octanol–water partition coefficient (Wildman–Crippen LogP) is 4.08. The summed E-state index contributed by atoms with van der Waals surface area (Å²) in [6.07, 6.45) is 0.948. The lowest BCUT2D eigenvalue weighted by Crippen LogP contribution is -1.99. The third kappa shape index (κ3) is 4.22. The first-order chi connectivity index (χ1) is 7.67. The van der Waals surface area contributed by atoms with Crippen molar-refractivity contribution < 1.29 is 9.13 Å². The van der Waals surface area contributed by atoms with E-state index in [1.807, 2.05) is 0 Å². The lowest BCUT2D eigenvalue weighted by atomic mass is 10.2. The Morgan fingerprint density at radius 2 is 2.25 bits per heavy atom. The van der Waals surface area contributed by atoms with Crippen molar-refractivity contribution >= 4 is 23.4 Å². The van der Waals surface area contributed by atoms with Gasteiger partial charge >= 0.3 is 0 Å². The molecule has 0 saturated carbocycles. The van der Waals surface area contributed by atoms with E-state index in [1.165, 1.54) is 13.2 Å². The van der Waals surface area contributed by atoms with E-state index in [-0.39, 0.29) is 5.82 Å².